The lowest BCUT2D eigenvalue weighted by atomic mass is 9.96. The summed E-state index contributed by atoms with van der Waals surface area (Å²) >= 11 is 6.07. The zero-order valence-corrected chi connectivity index (χ0v) is 17.0. The summed E-state index contributed by atoms with van der Waals surface area (Å²) < 4.78 is 10.7. The molecule has 3 rings (SSSR count). The van der Waals surface area contributed by atoms with Crippen molar-refractivity contribution < 1.29 is 14.3 Å². The van der Waals surface area contributed by atoms with Crippen molar-refractivity contribution in [2.75, 3.05) is 26.1 Å². The summed E-state index contributed by atoms with van der Waals surface area (Å²) in [5.41, 5.74) is 1.71. The fourth-order valence-electron chi connectivity index (χ4n) is 3.60. The number of hydrogen-bond acceptors (Lipinski definition) is 4. The van der Waals surface area contributed by atoms with E-state index >= 15 is 0 Å². The third kappa shape index (κ3) is 4.87. The van der Waals surface area contributed by atoms with Gasteiger partial charge in [-0.05, 0) is 61.9 Å². The highest BCUT2D eigenvalue weighted by Gasteiger charge is 2.27. The van der Waals surface area contributed by atoms with E-state index in [1.165, 1.54) is 5.56 Å². The van der Waals surface area contributed by atoms with Gasteiger partial charge >= 0.3 is 6.03 Å². The fourth-order valence-corrected chi connectivity index (χ4v) is 3.77. The van der Waals surface area contributed by atoms with Crippen LogP contribution in [0.1, 0.15) is 31.2 Å². The number of methoxy groups -OCH3 is 2. The molecule has 0 bridgehead atoms. The monoisotopic (exact) mass is 403 g/mol. The number of rotatable bonds is 6. The number of ether oxygens (including phenoxy) is 2. The van der Waals surface area contributed by atoms with Gasteiger partial charge in [0.05, 0.1) is 19.9 Å². The third-order valence-corrected chi connectivity index (χ3v) is 5.40. The number of amides is 2. The molecular weight excluding hydrogens is 378 g/mol. The number of pyridine rings is 1. The van der Waals surface area contributed by atoms with E-state index in [0.29, 0.717) is 10.8 Å². The first kappa shape index (κ1) is 20.3. The predicted octanol–water partition coefficient (Wildman–Crippen LogP) is 4.77. The molecule has 1 aromatic heterocycles. The predicted molar refractivity (Wildman–Crippen MR) is 110 cm³/mol. The maximum atomic E-state index is 12.8. The van der Waals surface area contributed by atoms with Crippen LogP contribution in [0.25, 0.3) is 0 Å². The summed E-state index contributed by atoms with van der Waals surface area (Å²) in [5, 5.41) is 3.20. The Balaban J connectivity index is 1.65. The molecule has 1 atom stereocenters. The van der Waals surface area contributed by atoms with E-state index in [9.17, 15) is 4.79 Å². The molecule has 150 valence electrons. The Labute approximate surface area is 170 Å². The summed E-state index contributed by atoms with van der Waals surface area (Å²) in [4.78, 5) is 18.8. The first-order valence-corrected chi connectivity index (χ1v) is 9.89. The summed E-state index contributed by atoms with van der Waals surface area (Å²) in [7, 11) is 3.27. The molecule has 6 nitrogen and oxygen atoms in total. The molecular formula is C21H26ClN3O3. The molecule has 7 heteroatoms. The molecule has 1 aliphatic heterocycles. The summed E-state index contributed by atoms with van der Waals surface area (Å²) in [6, 6.07) is 9.56. The number of aryl methyl sites for hydroxylation is 1. The second-order valence-electron chi connectivity index (χ2n) is 6.84. The Morgan fingerprint density at radius 3 is 2.82 bits per heavy atom. The van der Waals surface area contributed by atoms with Crippen molar-refractivity contribution in [1.29, 1.82) is 0 Å². The van der Waals surface area contributed by atoms with Gasteiger partial charge in [0.25, 0.3) is 0 Å². The molecule has 0 radical (unpaired) electrons. The molecule has 0 saturated carbocycles. The van der Waals surface area contributed by atoms with Crippen LogP contribution in [0.5, 0.6) is 11.5 Å². The number of likely N-dealkylation sites (tertiary alicyclic amines) is 1. The van der Waals surface area contributed by atoms with Gasteiger partial charge in [-0.2, -0.15) is 0 Å². The number of nitrogens with one attached hydrogen (secondary N) is 1. The van der Waals surface area contributed by atoms with E-state index in [1.54, 1.807) is 32.5 Å². The van der Waals surface area contributed by atoms with E-state index in [2.05, 4.69) is 10.3 Å². The molecule has 28 heavy (non-hydrogen) atoms. The maximum absolute atomic E-state index is 12.8. The molecule has 2 aromatic rings. The average molecular weight is 404 g/mol. The highest BCUT2D eigenvalue weighted by molar-refractivity contribution is 6.32. The van der Waals surface area contributed by atoms with Gasteiger partial charge in [-0.3, -0.25) is 0 Å². The zero-order chi connectivity index (χ0) is 19.9. The van der Waals surface area contributed by atoms with Gasteiger partial charge < -0.3 is 19.7 Å². The van der Waals surface area contributed by atoms with E-state index in [1.807, 2.05) is 23.1 Å². The Bertz CT molecular complexity index is 815. The average Bonchev–Trinajstić information content (AvgIpc) is 2.73. The highest BCUT2D eigenvalue weighted by atomic mass is 35.5. The number of aromatic nitrogens is 1. The Morgan fingerprint density at radius 2 is 2.07 bits per heavy atom. The minimum atomic E-state index is -0.119. The summed E-state index contributed by atoms with van der Waals surface area (Å²) in [6.07, 6.45) is 6.51. The smallest absolute Gasteiger partial charge is 0.322 e. The van der Waals surface area contributed by atoms with Gasteiger partial charge in [0, 0.05) is 18.8 Å². The van der Waals surface area contributed by atoms with Gasteiger partial charge in [-0.1, -0.05) is 17.7 Å². The van der Waals surface area contributed by atoms with Gasteiger partial charge in [0.1, 0.15) is 0 Å². The number of piperidine rings is 1. The van der Waals surface area contributed by atoms with Crippen LogP contribution in [0, 0.1) is 0 Å². The third-order valence-electron chi connectivity index (χ3n) is 5.10. The number of halogens is 1. The highest BCUT2D eigenvalue weighted by Crippen LogP contribution is 2.29. The zero-order valence-electron chi connectivity index (χ0n) is 16.3. The van der Waals surface area contributed by atoms with Crippen molar-refractivity contribution in [1.82, 2.24) is 9.88 Å². The molecule has 1 saturated heterocycles. The molecule has 1 fully saturated rings. The standard InChI is InChI=1S/C21H26ClN3O3/c1-27-18-11-9-15(14-19(18)28-2)8-10-16-6-3-4-13-25(16)21(26)24-17-7-5-12-23-20(17)22/h5,7,9,11-12,14,16H,3-4,6,8,10,13H2,1-2H3,(H,24,26). The first-order valence-electron chi connectivity index (χ1n) is 9.51. The fraction of sp³-hybridized carbons (Fsp3) is 0.429. The molecule has 1 N–H and O–H groups in total. The van der Waals surface area contributed by atoms with Gasteiger partial charge in [0.15, 0.2) is 16.7 Å². The molecule has 1 unspecified atom stereocenters. The van der Waals surface area contributed by atoms with Crippen molar-refractivity contribution in [2.45, 2.75) is 38.1 Å². The van der Waals surface area contributed by atoms with Gasteiger partial charge in [0.2, 0.25) is 0 Å². The van der Waals surface area contributed by atoms with Crippen LogP contribution in [-0.2, 0) is 6.42 Å². The number of urea groups is 1. The Hall–Kier alpha value is -2.47. The molecule has 1 aromatic carbocycles. The van der Waals surface area contributed by atoms with E-state index in [-0.39, 0.29) is 12.1 Å². The number of benzene rings is 1. The van der Waals surface area contributed by atoms with Crippen LogP contribution in [0.15, 0.2) is 36.5 Å². The van der Waals surface area contributed by atoms with Crippen LogP contribution in [0.2, 0.25) is 5.15 Å². The van der Waals surface area contributed by atoms with Crippen molar-refractivity contribution in [3.05, 3.63) is 47.2 Å². The second kappa shape index (κ2) is 9.64. The second-order valence-corrected chi connectivity index (χ2v) is 7.20. The van der Waals surface area contributed by atoms with Crippen LogP contribution >= 0.6 is 11.6 Å². The number of anilines is 1. The maximum Gasteiger partial charge on any atom is 0.322 e. The lowest BCUT2D eigenvalue weighted by molar-refractivity contribution is 0.158. The minimum absolute atomic E-state index is 0.119. The quantitative estimate of drug-likeness (QED) is 0.705. The number of nitrogens with zero attached hydrogens (tertiary/aromatic N) is 2. The van der Waals surface area contributed by atoms with Gasteiger partial charge in [-0.15, -0.1) is 0 Å². The van der Waals surface area contributed by atoms with Crippen molar-refractivity contribution in [3.63, 3.8) is 0 Å². The number of carbonyl (C=O) groups is 1. The first-order chi connectivity index (χ1) is 13.6. The minimum Gasteiger partial charge on any atom is -0.493 e. The van der Waals surface area contributed by atoms with Crippen LogP contribution in [0.3, 0.4) is 0 Å². The van der Waals surface area contributed by atoms with E-state index < -0.39 is 0 Å². The van der Waals surface area contributed by atoms with E-state index in [4.69, 9.17) is 21.1 Å². The Morgan fingerprint density at radius 1 is 1.25 bits per heavy atom. The molecule has 0 spiro atoms. The topological polar surface area (TPSA) is 63.7 Å². The molecule has 1 aliphatic rings. The van der Waals surface area contributed by atoms with Crippen LogP contribution in [-0.4, -0.2) is 42.7 Å². The number of carbonyl (C=O) groups excluding carboxylic acids is 1. The molecule has 0 aliphatic carbocycles. The number of hydrogen-bond donors (Lipinski definition) is 1. The largest absolute Gasteiger partial charge is 0.493 e. The van der Waals surface area contributed by atoms with Crippen molar-refractivity contribution in [2.24, 2.45) is 0 Å². The lowest BCUT2D eigenvalue weighted by Gasteiger charge is -2.36. The SMILES string of the molecule is COc1ccc(CCC2CCCCN2C(=O)Nc2cccnc2Cl)cc1OC. The normalized spacial score (nSPS) is 16.5. The summed E-state index contributed by atoms with van der Waals surface area (Å²) in [5.74, 6) is 1.45. The van der Waals surface area contributed by atoms with Crippen molar-refractivity contribution >= 4 is 23.3 Å². The van der Waals surface area contributed by atoms with Crippen LogP contribution < -0.4 is 14.8 Å². The molecule has 2 amide bonds. The van der Waals surface area contributed by atoms with Crippen molar-refractivity contribution in [3.8, 4) is 11.5 Å². The van der Waals surface area contributed by atoms with Crippen LogP contribution in [0.4, 0.5) is 10.5 Å². The summed E-state index contributed by atoms with van der Waals surface area (Å²) in [6.45, 7) is 0.750. The Kier molecular flexibility index (Phi) is 6.98. The lowest BCUT2D eigenvalue weighted by Crippen LogP contribution is -2.46. The van der Waals surface area contributed by atoms with E-state index in [0.717, 1.165) is 50.1 Å². The van der Waals surface area contributed by atoms with Gasteiger partial charge in [-0.25, -0.2) is 9.78 Å². The molecule has 2 heterocycles.